The van der Waals surface area contributed by atoms with Crippen LogP contribution in [0, 0.1) is 11.6 Å². The Bertz CT molecular complexity index is 1650. The zero-order valence-electron chi connectivity index (χ0n) is 23.0. The monoisotopic (exact) mass is 627 g/mol. The van der Waals surface area contributed by atoms with Crippen LogP contribution in [0.25, 0.3) is 0 Å². The molecule has 4 aromatic rings. The highest BCUT2D eigenvalue weighted by molar-refractivity contribution is 7.92. The number of sulfonamides is 1. The van der Waals surface area contributed by atoms with Gasteiger partial charge in [-0.3, -0.25) is 14.3 Å². The molecule has 0 radical (unpaired) electrons. The molecular weight excluding hydrogens is 600 g/mol. The van der Waals surface area contributed by atoms with Crippen LogP contribution >= 0.6 is 11.6 Å². The zero-order chi connectivity index (χ0) is 31.0. The lowest BCUT2D eigenvalue weighted by Gasteiger charge is -2.28. The molecule has 224 valence electrons. The molecule has 1 atom stereocenters. The van der Waals surface area contributed by atoms with Crippen molar-refractivity contribution in [3.05, 3.63) is 125 Å². The first-order valence-corrected chi connectivity index (χ1v) is 14.9. The van der Waals surface area contributed by atoms with Crippen LogP contribution in [0.1, 0.15) is 18.1 Å². The Morgan fingerprint density at radius 1 is 0.837 bits per heavy atom. The van der Waals surface area contributed by atoms with E-state index in [0.717, 1.165) is 17.7 Å². The van der Waals surface area contributed by atoms with E-state index in [9.17, 15) is 26.8 Å². The highest BCUT2D eigenvalue weighted by Gasteiger charge is 2.26. The fourth-order valence-corrected chi connectivity index (χ4v) is 5.17. The number of carbonyl (C=O) groups excluding carboxylic acids is 2. The molecule has 0 heterocycles. The summed E-state index contributed by atoms with van der Waals surface area (Å²) in [6, 6.07) is 21.9. The SMILES string of the molecule is C[C@@H](C(=O)NCc1ccc(Cl)cc1)N(Cc1ccc(F)cc1)C(=O)COc1ccc(S(=O)(=O)Nc2ccc(F)cc2)cc1. The minimum absolute atomic E-state index is 0.0181. The summed E-state index contributed by atoms with van der Waals surface area (Å²) >= 11 is 5.92. The molecule has 43 heavy (non-hydrogen) atoms. The van der Waals surface area contributed by atoms with Crippen LogP contribution in [0.3, 0.4) is 0 Å². The van der Waals surface area contributed by atoms with E-state index < -0.39 is 46.1 Å². The first-order chi connectivity index (χ1) is 20.5. The summed E-state index contributed by atoms with van der Waals surface area (Å²) in [7, 11) is -3.95. The Kier molecular flexibility index (Phi) is 10.3. The molecule has 4 rings (SSSR count). The van der Waals surface area contributed by atoms with Gasteiger partial charge in [-0.15, -0.1) is 0 Å². The summed E-state index contributed by atoms with van der Waals surface area (Å²) in [4.78, 5) is 27.6. The lowest BCUT2D eigenvalue weighted by atomic mass is 10.1. The van der Waals surface area contributed by atoms with Gasteiger partial charge in [0.1, 0.15) is 23.4 Å². The highest BCUT2D eigenvalue weighted by atomic mass is 35.5. The van der Waals surface area contributed by atoms with Crippen LogP contribution in [0.2, 0.25) is 5.02 Å². The van der Waals surface area contributed by atoms with Gasteiger partial charge in [0.25, 0.3) is 15.9 Å². The van der Waals surface area contributed by atoms with Crippen LogP contribution in [-0.2, 0) is 32.7 Å². The van der Waals surface area contributed by atoms with E-state index in [0.29, 0.717) is 10.6 Å². The van der Waals surface area contributed by atoms with E-state index in [1.165, 1.54) is 65.6 Å². The van der Waals surface area contributed by atoms with E-state index in [1.807, 2.05) is 0 Å². The predicted molar refractivity (Wildman–Crippen MR) is 159 cm³/mol. The van der Waals surface area contributed by atoms with Gasteiger partial charge in [0, 0.05) is 23.8 Å². The quantitative estimate of drug-likeness (QED) is 0.215. The van der Waals surface area contributed by atoms with Gasteiger partial charge in [-0.1, -0.05) is 35.9 Å². The highest BCUT2D eigenvalue weighted by Crippen LogP contribution is 2.20. The fraction of sp³-hybridized carbons (Fsp3) is 0.161. The number of ether oxygens (including phenoxy) is 1. The van der Waals surface area contributed by atoms with Crippen LogP contribution < -0.4 is 14.8 Å². The topological polar surface area (TPSA) is 105 Å². The van der Waals surface area contributed by atoms with Gasteiger partial charge < -0.3 is 15.0 Å². The second-order valence-electron chi connectivity index (χ2n) is 9.54. The molecular formula is C31H28ClF2N3O5S. The molecule has 8 nitrogen and oxygen atoms in total. The third kappa shape index (κ3) is 9.00. The number of anilines is 1. The average Bonchev–Trinajstić information content (AvgIpc) is 3.00. The van der Waals surface area contributed by atoms with Gasteiger partial charge in [0.2, 0.25) is 5.91 Å². The van der Waals surface area contributed by atoms with Gasteiger partial charge in [0.15, 0.2) is 6.61 Å². The summed E-state index contributed by atoms with van der Waals surface area (Å²) < 4.78 is 59.9. The van der Waals surface area contributed by atoms with Crippen molar-refractivity contribution in [1.29, 1.82) is 0 Å². The maximum absolute atomic E-state index is 13.5. The maximum Gasteiger partial charge on any atom is 0.261 e. The minimum atomic E-state index is -3.95. The first kappa shape index (κ1) is 31.5. The Balaban J connectivity index is 1.41. The number of benzene rings is 4. The number of hydrogen-bond donors (Lipinski definition) is 2. The van der Waals surface area contributed by atoms with Gasteiger partial charge in [-0.05, 0) is 90.8 Å². The number of halogens is 3. The standard InChI is InChI=1S/C31H28ClF2N3O5S/c1-21(31(39)35-18-22-2-6-24(32)7-3-22)37(19-23-4-8-25(33)9-5-23)30(38)20-42-28-14-16-29(17-15-28)43(40,41)36-27-12-10-26(34)11-13-27/h2-17,21,36H,18-20H2,1H3,(H,35,39)/t21-/m0/s1. The van der Waals surface area contributed by atoms with Crippen molar-refractivity contribution in [2.24, 2.45) is 0 Å². The van der Waals surface area contributed by atoms with Crippen molar-refractivity contribution >= 4 is 39.1 Å². The summed E-state index contributed by atoms with van der Waals surface area (Å²) in [6.45, 7) is 1.37. The van der Waals surface area contributed by atoms with Crippen molar-refractivity contribution in [1.82, 2.24) is 10.2 Å². The fourth-order valence-electron chi connectivity index (χ4n) is 3.98. The molecule has 0 saturated carbocycles. The lowest BCUT2D eigenvalue weighted by molar-refractivity contribution is -0.142. The Labute approximate surface area is 253 Å². The molecule has 2 N–H and O–H groups in total. The van der Waals surface area contributed by atoms with Gasteiger partial charge >= 0.3 is 0 Å². The van der Waals surface area contributed by atoms with E-state index in [4.69, 9.17) is 16.3 Å². The molecule has 0 spiro atoms. The summed E-state index contributed by atoms with van der Waals surface area (Å²) in [5.74, 6) is -1.64. The summed E-state index contributed by atoms with van der Waals surface area (Å²) in [5, 5.41) is 3.37. The Morgan fingerprint density at radius 3 is 2.00 bits per heavy atom. The third-order valence-corrected chi connectivity index (χ3v) is 8.06. The second kappa shape index (κ2) is 14.1. The zero-order valence-corrected chi connectivity index (χ0v) is 24.5. The molecule has 0 fully saturated rings. The predicted octanol–water partition coefficient (Wildman–Crippen LogP) is 5.53. The number of hydrogen-bond acceptors (Lipinski definition) is 5. The number of amides is 2. The van der Waals surface area contributed by atoms with Crippen LogP contribution in [0.5, 0.6) is 5.75 Å². The molecule has 0 aliphatic heterocycles. The smallest absolute Gasteiger partial charge is 0.261 e. The lowest BCUT2D eigenvalue weighted by Crippen LogP contribution is -2.48. The van der Waals surface area contributed by atoms with Crippen molar-refractivity contribution in [2.45, 2.75) is 31.0 Å². The van der Waals surface area contributed by atoms with E-state index >= 15 is 0 Å². The molecule has 0 unspecified atom stereocenters. The Morgan fingerprint density at radius 2 is 1.40 bits per heavy atom. The van der Waals surface area contributed by atoms with Gasteiger partial charge in [-0.2, -0.15) is 0 Å². The largest absolute Gasteiger partial charge is 0.484 e. The second-order valence-corrected chi connectivity index (χ2v) is 11.7. The third-order valence-electron chi connectivity index (χ3n) is 6.41. The van der Waals surface area contributed by atoms with Gasteiger partial charge in [0.05, 0.1) is 4.90 Å². The number of nitrogens with one attached hydrogen (secondary N) is 2. The average molecular weight is 628 g/mol. The number of rotatable bonds is 12. The van der Waals surface area contributed by atoms with E-state index in [2.05, 4.69) is 10.0 Å². The van der Waals surface area contributed by atoms with Crippen molar-refractivity contribution in [3.63, 3.8) is 0 Å². The summed E-state index contributed by atoms with van der Waals surface area (Å²) in [5.41, 5.74) is 1.62. The number of nitrogens with zero attached hydrogens (tertiary/aromatic N) is 1. The van der Waals surface area contributed by atoms with E-state index in [1.54, 1.807) is 31.2 Å². The molecule has 2 amide bonds. The molecule has 4 aromatic carbocycles. The van der Waals surface area contributed by atoms with Crippen molar-refractivity contribution in [2.75, 3.05) is 11.3 Å². The van der Waals surface area contributed by atoms with Crippen LogP contribution in [0.4, 0.5) is 14.5 Å². The molecule has 0 aliphatic carbocycles. The number of carbonyl (C=O) groups is 2. The molecule has 0 bridgehead atoms. The maximum atomic E-state index is 13.5. The van der Waals surface area contributed by atoms with Crippen LogP contribution in [-0.4, -0.2) is 37.8 Å². The van der Waals surface area contributed by atoms with Crippen LogP contribution in [0.15, 0.2) is 102 Å². The molecule has 12 heteroatoms. The van der Waals surface area contributed by atoms with Crippen molar-refractivity contribution < 1.29 is 31.5 Å². The van der Waals surface area contributed by atoms with E-state index in [-0.39, 0.29) is 29.4 Å². The molecule has 0 aliphatic rings. The summed E-state index contributed by atoms with van der Waals surface area (Å²) in [6.07, 6.45) is 0. The first-order valence-electron chi connectivity index (χ1n) is 13.1. The molecule has 0 aromatic heterocycles. The normalized spacial score (nSPS) is 11.8. The minimum Gasteiger partial charge on any atom is -0.484 e. The van der Waals surface area contributed by atoms with Gasteiger partial charge in [-0.25, -0.2) is 17.2 Å². The molecule has 0 saturated heterocycles. The van der Waals surface area contributed by atoms with Crippen molar-refractivity contribution in [3.8, 4) is 5.75 Å². The Hall–Kier alpha value is -4.48.